The second-order valence-corrected chi connectivity index (χ2v) is 4.09. The summed E-state index contributed by atoms with van der Waals surface area (Å²) in [5, 5.41) is 10.0. The van der Waals surface area contributed by atoms with Crippen LogP contribution in [0.25, 0.3) is 0 Å². The fraction of sp³-hybridized carbons (Fsp3) is 0.167. The van der Waals surface area contributed by atoms with Gasteiger partial charge in [0.2, 0.25) is 5.76 Å². The minimum absolute atomic E-state index is 0.0164. The van der Waals surface area contributed by atoms with Gasteiger partial charge in [0.25, 0.3) is 0 Å². The van der Waals surface area contributed by atoms with Gasteiger partial charge in [-0.2, -0.15) is 0 Å². The van der Waals surface area contributed by atoms with Crippen LogP contribution in [0, 0.1) is 0 Å². The molecule has 0 spiro atoms. The molecule has 0 aliphatic carbocycles. The van der Waals surface area contributed by atoms with E-state index in [1.807, 2.05) is 0 Å². The van der Waals surface area contributed by atoms with Gasteiger partial charge in [0.05, 0.1) is 5.57 Å². The highest BCUT2D eigenvalue weighted by Gasteiger charge is 2.37. The third-order valence-electron chi connectivity index (χ3n) is 2.49. The van der Waals surface area contributed by atoms with Crippen molar-refractivity contribution in [1.29, 1.82) is 0 Å². The molecule has 1 N–H and O–H groups in total. The molecule has 0 radical (unpaired) electrons. The topological polar surface area (TPSA) is 63.6 Å². The van der Waals surface area contributed by atoms with Crippen LogP contribution < -0.4 is 0 Å². The number of aliphatic hydroxyl groups excluding tert-OH is 1. The number of Topliss-reactive ketones (excluding diaryl/α,β-unsaturated/α-hetero) is 1. The summed E-state index contributed by atoms with van der Waals surface area (Å²) in [5.74, 6) is -1.89. The van der Waals surface area contributed by atoms with Gasteiger partial charge in [-0.05, 0) is 24.6 Å². The van der Waals surface area contributed by atoms with E-state index in [2.05, 4.69) is 0 Å². The van der Waals surface area contributed by atoms with E-state index in [9.17, 15) is 14.7 Å². The third-order valence-corrected chi connectivity index (χ3v) is 2.74. The van der Waals surface area contributed by atoms with Crippen LogP contribution in [0.3, 0.4) is 0 Å². The van der Waals surface area contributed by atoms with Crippen LogP contribution in [-0.4, -0.2) is 16.9 Å². The number of rotatable bonds is 2. The molecule has 4 nitrogen and oxygen atoms in total. The second kappa shape index (κ2) is 4.22. The summed E-state index contributed by atoms with van der Waals surface area (Å²) >= 11 is 5.74. The maximum Gasteiger partial charge on any atom is 0.374 e. The Kier molecular flexibility index (Phi) is 2.90. The van der Waals surface area contributed by atoms with Gasteiger partial charge < -0.3 is 9.84 Å². The van der Waals surface area contributed by atoms with E-state index in [4.69, 9.17) is 16.3 Å². The molecule has 2 rings (SSSR count). The summed E-state index contributed by atoms with van der Waals surface area (Å²) in [6.45, 7) is 1.27. The molecular weight excluding hydrogens is 244 g/mol. The van der Waals surface area contributed by atoms with Crippen LogP contribution >= 0.6 is 11.6 Å². The predicted octanol–water partition coefficient (Wildman–Crippen LogP) is 2.34. The summed E-state index contributed by atoms with van der Waals surface area (Å²) in [4.78, 5) is 22.6. The molecule has 0 amide bonds. The molecule has 1 aliphatic rings. The summed E-state index contributed by atoms with van der Waals surface area (Å²) in [5.41, 5.74) is 0.578. The number of aliphatic hydroxyl groups is 1. The molecule has 88 valence electrons. The van der Waals surface area contributed by atoms with Crippen molar-refractivity contribution in [1.82, 2.24) is 0 Å². The summed E-state index contributed by atoms with van der Waals surface area (Å²) in [6, 6.07) is 6.53. The fourth-order valence-electron chi connectivity index (χ4n) is 1.68. The lowest BCUT2D eigenvalue weighted by Gasteiger charge is -2.11. The Morgan fingerprint density at radius 3 is 2.47 bits per heavy atom. The largest absolute Gasteiger partial charge is 0.501 e. The van der Waals surface area contributed by atoms with Crippen LogP contribution in [0.15, 0.2) is 35.6 Å². The Hall–Kier alpha value is -1.81. The first-order valence-electron chi connectivity index (χ1n) is 4.91. The quantitative estimate of drug-likeness (QED) is 0.821. The van der Waals surface area contributed by atoms with Crippen molar-refractivity contribution in [2.24, 2.45) is 0 Å². The van der Waals surface area contributed by atoms with Crippen molar-refractivity contribution in [3.63, 3.8) is 0 Å². The molecule has 0 aromatic heterocycles. The van der Waals surface area contributed by atoms with Crippen molar-refractivity contribution in [3.8, 4) is 0 Å². The lowest BCUT2D eigenvalue weighted by molar-refractivity contribution is -0.142. The van der Waals surface area contributed by atoms with Crippen molar-refractivity contribution in [2.45, 2.75) is 13.0 Å². The average molecular weight is 253 g/mol. The summed E-state index contributed by atoms with van der Waals surface area (Å²) < 4.78 is 4.95. The number of carbonyl (C=O) groups excluding carboxylic acids is 2. The molecule has 1 aliphatic heterocycles. The summed E-state index contributed by atoms with van der Waals surface area (Å²) in [6.07, 6.45) is -0.850. The third kappa shape index (κ3) is 2.03. The minimum Gasteiger partial charge on any atom is -0.501 e. The van der Waals surface area contributed by atoms with Crippen molar-refractivity contribution in [2.75, 3.05) is 0 Å². The van der Waals surface area contributed by atoms with Gasteiger partial charge in [-0.25, -0.2) is 4.79 Å². The number of halogens is 1. The molecular formula is C12H9ClO4. The van der Waals surface area contributed by atoms with Gasteiger partial charge in [-0.1, -0.05) is 23.7 Å². The number of cyclic esters (lactones) is 1. The Bertz CT molecular complexity index is 516. The molecule has 1 atom stereocenters. The van der Waals surface area contributed by atoms with E-state index in [-0.39, 0.29) is 5.57 Å². The first kappa shape index (κ1) is 11.7. The predicted molar refractivity (Wildman–Crippen MR) is 60.6 cm³/mol. The van der Waals surface area contributed by atoms with Gasteiger partial charge in [0.1, 0.15) is 0 Å². The Morgan fingerprint density at radius 2 is 1.94 bits per heavy atom. The lowest BCUT2D eigenvalue weighted by atomic mass is 9.99. The van der Waals surface area contributed by atoms with E-state index in [1.165, 1.54) is 6.92 Å². The number of carbonyl (C=O) groups is 2. The molecule has 17 heavy (non-hydrogen) atoms. The van der Waals surface area contributed by atoms with Crippen LogP contribution in [-0.2, 0) is 14.3 Å². The van der Waals surface area contributed by atoms with Crippen LogP contribution in [0.1, 0.15) is 18.6 Å². The summed E-state index contributed by atoms with van der Waals surface area (Å²) in [7, 11) is 0. The Morgan fingerprint density at radius 1 is 1.35 bits per heavy atom. The zero-order valence-corrected chi connectivity index (χ0v) is 9.69. The normalized spacial score (nSPS) is 19.4. The number of benzene rings is 1. The van der Waals surface area contributed by atoms with Gasteiger partial charge in [-0.3, -0.25) is 4.79 Å². The SMILES string of the molecule is CC(=O)C1=C(O)C(=O)O[C@H]1c1ccc(Cl)cc1. The maximum absolute atomic E-state index is 11.4. The van der Waals surface area contributed by atoms with Crippen LogP contribution in [0.2, 0.25) is 5.02 Å². The average Bonchev–Trinajstić information content (AvgIpc) is 2.56. The molecule has 0 bridgehead atoms. The zero-order chi connectivity index (χ0) is 12.6. The first-order chi connectivity index (χ1) is 8.00. The fourth-order valence-corrected chi connectivity index (χ4v) is 1.81. The van der Waals surface area contributed by atoms with Crippen molar-refractivity contribution >= 4 is 23.4 Å². The molecule has 0 saturated carbocycles. The van der Waals surface area contributed by atoms with Crippen molar-refractivity contribution < 1.29 is 19.4 Å². The smallest absolute Gasteiger partial charge is 0.374 e. The van der Waals surface area contributed by atoms with E-state index in [0.29, 0.717) is 10.6 Å². The van der Waals surface area contributed by atoms with Gasteiger partial charge >= 0.3 is 5.97 Å². The first-order valence-corrected chi connectivity index (χ1v) is 5.29. The molecule has 5 heteroatoms. The monoisotopic (exact) mass is 252 g/mol. The van der Waals surface area contributed by atoms with Crippen LogP contribution in [0.4, 0.5) is 0 Å². The molecule has 1 heterocycles. The molecule has 0 saturated heterocycles. The maximum atomic E-state index is 11.4. The van der Waals surface area contributed by atoms with E-state index in [1.54, 1.807) is 24.3 Å². The van der Waals surface area contributed by atoms with Crippen molar-refractivity contribution in [3.05, 3.63) is 46.2 Å². The minimum atomic E-state index is -0.879. The number of ether oxygens (including phenoxy) is 1. The van der Waals surface area contributed by atoms with E-state index < -0.39 is 23.6 Å². The van der Waals surface area contributed by atoms with E-state index in [0.717, 1.165) is 0 Å². The highest BCUT2D eigenvalue weighted by Crippen LogP contribution is 2.34. The van der Waals surface area contributed by atoms with Gasteiger partial charge in [0.15, 0.2) is 11.9 Å². The second-order valence-electron chi connectivity index (χ2n) is 3.66. The van der Waals surface area contributed by atoms with Gasteiger partial charge in [0, 0.05) is 5.02 Å². The van der Waals surface area contributed by atoms with Crippen LogP contribution in [0.5, 0.6) is 0 Å². The number of hydrogen-bond donors (Lipinski definition) is 1. The molecule has 1 aromatic carbocycles. The highest BCUT2D eigenvalue weighted by atomic mass is 35.5. The van der Waals surface area contributed by atoms with E-state index >= 15 is 0 Å². The molecule has 1 aromatic rings. The molecule has 0 unspecified atom stereocenters. The highest BCUT2D eigenvalue weighted by molar-refractivity contribution is 6.30. The zero-order valence-electron chi connectivity index (χ0n) is 8.94. The van der Waals surface area contributed by atoms with Gasteiger partial charge in [-0.15, -0.1) is 0 Å². The number of hydrogen-bond acceptors (Lipinski definition) is 4. The molecule has 0 fully saturated rings. The number of ketones is 1. The number of esters is 1. The Balaban J connectivity index is 2.44. The standard InChI is InChI=1S/C12H9ClO4/c1-6(14)9-10(15)12(16)17-11(9)7-2-4-8(13)5-3-7/h2-5,11,15H,1H3/t11-/m0/s1. The Labute approximate surface area is 102 Å². The lowest BCUT2D eigenvalue weighted by Crippen LogP contribution is -2.07.